The van der Waals surface area contributed by atoms with Gasteiger partial charge in [-0.1, -0.05) is 39.0 Å². The molecule has 2 bridgehead atoms. The van der Waals surface area contributed by atoms with Gasteiger partial charge in [0.1, 0.15) is 6.10 Å². The lowest BCUT2D eigenvalue weighted by Crippen LogP contribution is -2.68. The van der Waals surface area contributed by atoms with Crippen molar-refractivity contribution >= 4 is 11.8 Å². The summed E-state index contributed by atoms with van der Waals surface area (Å²) >= 11 is 0. The van der Waals surface area contributed by atoms with Crippen LogP contribution >= 0.6 is 0 Å². The molecule has 4 aliphatic carbocycles. The van der Waals surface area contributed by atoms with Crippen molar-refractivity contribution in [2.45, 2.75) is 85.4 Å². The third kappa shape index (κ3) is 2.85. The van der Waals surface area contributed by atoms with E-state index in [4.69, 9.17) is 14.2 Å². The zero-order valence-electron chi connectivity index (χ0n) is 21.6. The van der Waals surface area contributed by atoms with Gasteiger partial charge in [-0.2, -0.15) is 0 Å². The van der Waals surface area contributed by atoms with Crippen LogP contribution in [0.15, 0.2) is 34.9 Å². The van der Waals surface area contributed by atoms with E-state index in [9.17, 15) is 14.7 Å². The second kappa shape index (κ2) is 7.14. The van der Waals surface area contributed by atoms with E-state index in [-0.39, 0.29) is 35.6 Å². The van der Waals surface area contributed by atoms with Gasteiger partial charge in [0.25, 0.3) is 0 Å². The van der Waals surface area contributed by atoms with Crippen LogP contribution in [0.4, 0.5) is 0 Å². The lowest BCUT2D eigenvalue weighted by Gasteiger charge is -2.52. The summed E-state index contributed by atoms with van der Waals surface area (Å²) in [5.41, 5.74) is -0.994. The second-order valence-corrected chi connectivity index (χ2v) is 12.2. The molecule has 1 N–H and O–H groups in total. The molecule has 0 aromatic carbocycles. The molecule has 1 spiro atoms. The molecule has 6 heteroatoms. The third-order valence-corrected chi connectivity index (χ3v) is 9.65. The fourth-order valence-electron chi connectivity index (χ4n) is 7.62. The molecule has 8 atom stereocenters. The number of ketones is 1. The number of hydrogen-bond donors (Lipinski definition) is 1. The molecule has 1 heterocycles. The molecule has 6 nitrogen and oxygen atoms in total. The molecule has 4 unspecified atom stereocenters. The van der Waals surface area contributed by atoms with E-state index in [1.165, 1.54) is 0 Å². The summed E-state index contributed by atoms with van der Waals surface area (Å²) in [4.78, 5) is 27.5. The molecular formula is C28H38O6. The Kier molecular flexibility index (Phi) is 5.03. The van der Waals surface area contributed by atoms with Crippen molar-refractivity contribution in [2.24, 2.45) is 34.5 Å². The summed E-state index contributed by atoms with van der Waals surface area (Å²) < 4.78 is 18.4. The number of carbonyl (C=O) groups is 2. The zero-order valence-corrected chi connectivity index (χ0v) is 21.6. The molecule has 0 radical (unpaired) electrons. The minimum atomic E-state index is -1.76. The molecule has 1 aliphatic heterocycles. The first-order valence-electron chi connectivity index (χ1n) is 12.5. The normalized spacial score (nSPS) is 46.1. The van der Waals surface area contributed by atoms with Crippen molar-refractivity contribution in [2.75, 3.05) is 6.61 Å². The van der Waals surface area contributed by atoms with Gasteiger partial charge in [0.2, 0.25) is 0 Å². The fraction of sp³-hybridized carbons (Fsp3) is 0.714. The molecule has 3 fully saturated rings. The van der Waals surface area contributed by atoms with Crippen LogP contribution in [-0.4, -0.2) is 47.1 Å². The van der Waals surface area contributed by atoms with Crippen LogP contribution in [0.3, 0.4) is 0 Å². The van der Waals surface area contributed by atoms with Crippen LogP contribution in [0.5, 0.6) is 0 Å². The first-order chi connectivity index (χ1) is 15.7. The van der Waals surface area contributed by atoms with Crippen molar-refractivity contribution in [1.29, 1.82) is 0 Å². The van der Waals surface area contributed by atoms with E-state index in [2.05, 4.69) is 20.8 Å². The summed E-state index contributed by atoms with van der Waals surface area (Å²) in [5, 5.41) is 12.9. The van der Waals surface area contributed by atoms with Crippen LogP contribution in [-0.2, 0) is 23.8 Å². The van der Waals surface area contributed by atoms with Gasteiger partial charge in [-0.25, -0.2) is 4.79 Å². The molecule has 186 valence electrons. The molecule has 1 saturated heterocycles. The van der Waals surface area contributed by atoms with Crippen molar-refractivity contribution in [3.05, 3.63) is 34.9 Å². The Labute approximate surface area is 202 Å². The predicted octanol–water partition coefficient (Wildman–Crippen LogP) is 4.13. The van der Waals surface area contributed by atoms with Gasteiger partial charge in [-0.15, -0.1) is 0 Å². The lowest BCUT2D eigenvalue weighted by atomic mass is 9.59. The number of esters is 1. The van der Waals surface area contributed by atoms with E-state index in [0.29, 0.717) is 17.1 Å². The van der Waals surface area contributed by atoms with Crippen molar-refractivity contribution in [1.82, 2.24) is 0 Å². The number of Topliss-reactive ketones (excluding diaryl/α,β-unsaturated/α-hetero) is 1. The SMILES string of the molecule is C/C=C(\C)C(=O)O[C@H]1C(C)=CC23C(=O)C(C=C4COC(C)(C)O[C@H]4[C@]12O)C1C(C[C@H]3C)C1(C)C. The number of aliphatic hydroxyl groups is 1. The smallest absolute Gasteiger partial charge is 0.334 e. The van der Waals surface area contributed by atoms with Gasteiger partial charge in [0.15, 0.2) is 23.3 Å². The Balaban J connectivity index is 1.72. The minimum absolute atomic E-state index is 0.0181. The molecule has 5 rings (SSSR count). The molecular weight excluding hydrogens is 432 g/mol. The number of hydrogen-bond acceptors (Lipinski definition) is 6. The van der Waals surface area contributed by atoms with E-state index in [0.717, 1.165) is 12.0 Å². The van der Waals surface area contributed by atoms with Crippen LogP contribution in [0.25, 0.3) is 0 Å². The minimum Gasteiger partial charge on any atom is -0.451 e. The molecule has 0 aromatic rings. The summed E-state index contributed by atoms with van der Waals surface area (Å²) in [6, 6.07) is 0. The Morgan fingerprint density at radius 2 is 1.94 bits per heavy atom. The maximum absolute atomic E-state index is 14.6. The number of carbonyl (C=O) groups excluding carboxylic acids is 2. The number of rotatable bonds is 2. The molecule has 0 amide bonds. The van der Waals surface area contributed by atoms with E-state index < -0.39 is 35.0 Å². The summed E-state index contributed by atoms with van der Waals surface area (Å²) in [5.74, 6) is -1.30. The van der Waals surface area contributed by atoms with E-state index in [1.807, 2.05) is 32.9 Å². The van der Waals surface area contributed by atoms with E-state index >= 15 is 0 Å². The first kappa shape index (κ1) is 24.0. The highest BCUT2D eigenvalue weighted by atomic mass is 16.7. The Morgan fingerprint density at radius 3 is 2.59 bits per heavy atom. The Bertz CT molecular complexity index is 1050. The monoisotopic (exact) mass is 470 g/mol. The standard InChI is InChI=1S/C28H38O6/c1-9-14(2)24(30)33-22-15(3)12-27-16(4)10-19-20(25(19,5)6)18(21(27)29)11-17-13-32-26(7,8)34-23(17)28(22,27)31/h9,11-12,16,18-20,22-23,31H,10,13H2,1-8H3/b14-9+/t16-,18?,19?,20?,22+,23-,27?,28-/m1/s1. The maximum atomic E-state index is 14.6. The van der Waals surface area contributed by atoms with Crippen LogP contribution < -0.4 is 0 Å². The molecule has 2 saturated carbocycles. The summed E-state index contributed by atoms with van der Waals surface area (Å²) in [6.45, 7) is 15.8. The van der Waals surface area contributed by atoms with Gasteiger partial charge in [0, 0.05) is 11.5 Å². The van der Waals surface area contributed by atoms with Crippen LogP contribution in [0.1, 0.15) is 61.8 Å². The Morgan fingerprint density at radius 1 is 1.26 bits per heavy atom. The van der Waals surface area contributed by atoms with Crippen LogP contribution in [0.2, 0.25) is 0 Å². The number of allylic oxidation sites excluding steroid dienone is 2. The zero-order chi connectivity index (χ0) is 25.0. The topological polar surface area (TPSA) is 82.1 Å². The van der Waals surface area contributed by atoms with Gasteiger partial charge in [-0.05, 0) is 75.4 Å². The Hall–Kier alpha value is -1.76. The molecule has 5 aliphatic rings. The van der Waals surface area contributed by atoms with Gasteiger partial charge in [0.05, 0.1) is 12.0 Å². The molecule has 34 heavy (non-hydrogen) atoms. The first-order valence-corrected chi connectivity index (χ1v) is 12.5. The molecule has 0 aromatic heterocycles. The van der Waals surface area contributed by atoms with Gasteiger partial charge in [-0.3, -0.25) is 4.79 Å². The van der Waals surface area contributed by atoms with Crippen molar-refractivity contribution in [3.63, 3.8) is 0 Å². The summed E-state index contributed by atoms with van der Waals surface area (Å²) in [7, 11) is 0. The highest BCUT2D eigenvalue weighted by molar-refractivity contribution is 5.96. The largest absolute Gasteiger partial charge is 0.451 e. The fourth-order valence-corrected chi connectivity index (χ4v) is 7.62. The average Bonchev–Trinajstić information content (AvgIpc) is 3.25. The quantitative estimate of drug-likeness (QED) is 0.371. The average molecular weight is 471 g/mol. The van der Waals surface area contributed by atoms with Crippen molar-refractivity contribution in [3.8, 4) is 0 Å². The van der Waals surface area contributed by atoms with E-state index in [1.54, 1.807) is 19.9 Å². The highest BCUT2D eigenvalue weighted by Crippen LogP contribution is 2.72. The predicted molar refractivity (Wildman–Crippen MR) is 126 cm³/mol. The van der Waals surface area contributed by atoms with Gasteiger partial charge < -0.3 is 19.3 Å². The maximum Gasteiger partial charge on any atom is 0.334 e. The number of ether oxygens (including phenoxy) is 3. The van der Waals surface area contributed by atoms with Crippen molar-refractivity contribution < 1.29 is 28.9 Å². The lowest BCUT2D eigenvalue weighted by molar-refractivity contribution is -0.303. The third-order valence-electron chi connectivity index (χ3n) is 9.65. The highest BCUT2D eigenvalue weighted by Gasteiger charge is 2.77. The summed E-state index contributed by atoms with van der Waals surface area (Å²) in [6.07, 6.45) is 4.62. The van der Waals surface area contributed by atoms with Gasteiger partial charge >= 0.3 is 5.97 Å². The number of fused-ring (bicyclic) bond motifs is 5. The van der Waals surface area contributed by atoms with Crippen LogP contribution in [0, 0.1) is 34.5 Å². The second-order valence-electron chi connectivity index (χ2n) is 12.2.